The normalized spacial score (nSPS) is 15.3. The van der Waals surface area contributed by atoms with Crippen molar-refractivity contribution in [1.82, 2.24) is 9.97 Å². The van der Waals surface area contributed by atoms with E-state index in [1.54, 1.807) is 6.07 Å². The molecule has 0 fully saturated rings. The quantitative estimate of drug-likeness (QED) is 0.648. The topological polar surface area (TPSA) is 54.9 Å². The number of nitrogens with zero attached hydrogens (tertiary/aromatic N) is 2. The lowest BCUT2D eigenvalue weighted by Crippen LogP contribution is -2.04. The maximum Gasteiger partial charge on any atom is 0.257 e. The number of anilines is 1. The van der Waals surface area contributed by atoms with Crippen molar-refractivity contribution in [3.05, 3.63) is 51.6 Å². The molecule has 1 aliphatic heterocycles. The maximum atomic E-state index is 13.9. The van der Waals surface area contributed by atoms with E-state index in [2.05, 4.69) is 15.3 Å². The predicted molar refractivity (Wildman–Crippen MR) is 75.0 cm³/mol. The molecule has 1 aliphatic rings. The van der Waals surface area contributed by atoms with Gasteiger partial charge in [-0.15, -0.1) is 0 Å². The molecule has 0 spiro atoms. The third-order valence-corrected chi connectivity index (χ3v) is 3.28. The molecule has 0 atom stereocenters. The summed E-state index contributed by atoms with van der Waals surface area (Å²) in [4.78, 5) is 19.6. The summed E-state index contributed by atoms with van der Waals surface area (Å²) >= 11 is 11.4. The molecule has 3 rings (SSSR count). The fraction of sp³-hybridized carbons (Fsp3) is 0. The Morgan fingerprint density at radius 2 is 2.10 bits per heavy atom. The number of carbonyl (C=O) groups is 1. The van der Waals surface area contributed by atoms with Gasteiger partial charge < -0.3 is 5.32 Å². The second-order valence-corrected chi connectivity index (χ2v) is 4.80. The Hall–Kier alpha value is -1.98. The number of benzene rings is 1. The second kappa shape index (κ2) is 4.85. The van der Waals surface area contributed by atoms with E-state index in [9.17, 15) is 9.18 Å². The Morgan fingerprint density at radius 3 is 2.90 bits per heavy atom. The van der Waals surface area contributed by atoms with Gasteiger partial charge in [-0.25, -0.2) is 9.37 Å². The molecule has 1 amide bonds. The van der Waals surface area contributed by atoms with Crippen LogP contribution in [0.3, 0.4) is 0 Å². The van der Waals surface area contributed by atoms with Crippen LogP contribution in [0.5, 0.6) is 0 Å². The number of hydrogen-bond donors (Lipinski definition) is 1. The lowest BCUT2D eigenvalue weighted by atomic mass is 10.1. The number of nitrogens with one attached hydrogen (secondary N) is 1. The van der Waals surface area contributed by atoms with Crippen LogP contribution in [0, 0.1) is 5.82 Å². The molecule has 0 unspecified atom stereocenters. The van der Waals surface area contributed by atoms with Crippen LogP contribution in [0.2, 0.25) is 10.3 Å². The zero-order valence-electron chi connectivity index (χ0n) is 9.82. The van der Waals surface area contributed by atoms with Gasteiger partial charge in [-0.1, -0.05) is 23.7 Å². The summed E-state index contributed by atoms with van der Waals surface area (Å²) in [7, 11) is 0. The van der Waals surface area contributed by atoms with Gasteiger partial charge >= 0.3 is 0 Å². The van der Waals surface area contributed by atoms with Crippen LogP contribution < -0.4 is 5.32 Å². The van der Waals surface area contributed by atoms with Gasteiger partial charge in [-0.2, -0.15) is 4.98 Å². The Kier molecular flexibility index (Phi) is 3.16. The van der Waals surface area contributed by atoms with Crippen molar-refractivity contribution in [2.45, 2.75) is 0 Å². The highest BCUT2D eigenvalue weighted by molar-refractivity contribution is 6.35. The van der Waals surface area contributed by atoms with Crippen molar-refractivity contribution in [2.24, 2.45) is 0 Å². The molecule has 100 valence electrons. The molecule has 0 bridgehead atoms. The molecular weight excluding hydrogens is 304 g/mol. The number of hydrogen-bond acceptors (Lipinski definition) is 3. The van der Waals surface area contributed by atoms with Gasteiger partial charge in [0.05, 0.1) is 10.6 Å². The smallest absolute Gasteiger partial charge is 0.257 e. The average molecular weight is 310 g/mol. The molecule has 4 nitrogen and oxygen atoms in total. The van der Waals surface area contributed by atoms with Crippen molar-refractivity contribution >= 4 is 46.6 Å². The molecule has 20 heavy (non-hydrogen) atoms. The third kappa shape index (κ3) is 2.15. The summed E-state index contributed by atoms with van der Waals surface area (Å²) in [6, 6.07) is 4.56. The summed E-state index contributed by atoms with van der Waals surface area (Å²) in [6.45, 7) is 0. The SMILES string of the molecule is O=C1Nc2nc(Cl)ncc2/C1=C/c1cccc(Cl)c1F. The summed E-state index contributed by atoms with van der Waals surface area (Å²) in [5, 5.41) is 2.56. The highest BCUT2D eigenvalue weighted by Gasteiger charge is 2.26. The van der Waals surface area contributed by atoms with Crippen molar-refractivity contribution in [3.8, 4) is 0 Å². The molecule has 2 aromatic rings. The molecule has 1 N–H and O–H groups in total. The molecular formula is C13H6Cl2FN3O. The lowest BCUT2D eigenvalue weighted by molar-refractivity contribution is -0.110. The van der Waals surface area contributed by atoms with Crippen LogP contribution in [-0.2, 0) is 4.79 Å². The van der Waals surface area contributed by atoms with Crippen LogP contribution in [0.4, 0.5) is 10.2 Å². The number of amides is 1. The van der Waals surface area contributed by atoms with Crippen molar-refractivity contribution in [1.29, 1.82) is 0 Å². The minimum absolute atomic E-state index is 0.00895. The van der Waals surface area contributed by atoms with Gasteiger partial charge in [0.15, 0.2) is 0 Å². The first-order valence-corrected chi connectivity index (χ1v) is 6.32. The van der Waals surface area contributed by atoms with E-state index in [1.165, 1.54) is 24.4 Å². The van der Waals surface area contributed by atoms with Crippen LogP contribution >= 0.6 is 23.2 Å². The summed E-state index contributed by atoms with van der Waals surface area (Å²) in [5.41, 5.74) is 0.946. The molecule has 0 radical (unpaired) electrons. The van der Waals surface area contributed by atoms with Crippen LogP contribution in [0.15, 0.2) is 24.4 Å². The minimum atomic E-state index is -0.585. The molecule has 1 aromatic carbocycles. The maximum absolute atomic E-state index is 13.9. The standard InChI is InChI=1S/C13H6Cl2FN3O/c14-9-3-1-2-6(10(9)16)4-7-8-5-17-13(15)19-11(8)18-12(7)20/h1-5H,(H,17,18,19,20)/b7-4-. The van der Waals surface area contributed by atoms with E-state index in [1.807, 2.05) is 0 Å². The first kappa shape index (κ1) is 13.0. The van der Waals surface area contributed by atoms with E-state index < -0.39 is 11.7 Å². The lowest BCUT2D eigenvalue weighted by Gasteiger charge is -2.01. The fourth-order valence-corrected chi connectivity index (χ4v) is 2.20. The number of fused-ring (bicyclic) bond motifs is 1. The summed E-state index contributed by atoms with van der Waals surface area (Å²) < 4.78 is 13.9. The first-order chi connectivity index (χ1) is 9.56. The van der Waals surface area contributed by atoms with E-state index in [-0.39, 0.29) is 21.4 Å². The highest BCUT2D eigenvalue weighted by atomic mass is 35.5. The van der Waals surface area contributed by atoms with Crippen molar-refractivity contribution in [2.75, 3.05) is 5.32 Å². The van der Waals surface area contributed by atoms with E-state index in [0.717, 1.165) is 0 Å². The van der Waals surface area contributed by atoms with E-state index in [4.69, 9.17) is 23.2 Å². The first-order valence-electron chi connectivity index (χ1n) is 5.56. The van der Waals surface area contributed by atoms with Gasteiger partial charge in [0.2, 0.25) is 5.28 Å². The van der Waals surface area contributed by atoms with Crippen LogP contribution in [0.1, 0.15) is 11.1 Å². The summed E-state index contributed by atoms with van der Waals surface area (Å²) in [5.74, 6) is -0.669. The Balaban J connectivity index is 2.14. The number of rotatable bonds is 1. The number of aromatic nitrogens is 2. The third-order valence-electron chi connectivity index (χ3n) is 2.81. The Bertz CT molecular complexity index is 761. The zero-order chi connectivity index (χ0) is 14.3. The zero-order valence-corrected chi connectivity index (χ0v) is 11.3. The fourth-order valence-electron chi connectivity index (χ4n) is 1.88. The van der Waals surface area contributed by atoms with E-state index >= 15 is 0 Å². The molecule has 0 saturated heterocycles. The monoisotopic (exact) mass is 309 g/mol. The van der Waals surface area contributed by atoms with Crippen LogP contribution in [0.25, 0.3) is 11.6 Å². The summed E-state index contributed by atoms with van der Waals surface area (Å²) in [6.07, 6.45) is 2.82. The van der Waals surface area contributed by atoms with Gasteiger partial charge in [0.1, 0.15) is 11.6 Å². The molecule has 0 aliphatic carbocycles. The van der Waals surface area contributed by atoms with Gasteiger partial charge in [0.25, 0.3) is 5.91 Å². The van der Waals surface area contributed by atoms with Crippen molar-refractivity contribution in [3.63, 3.8) is 0 Å². The Labute approximate surface area is 123 Å². The predicted octanol–water partition coefficient (Wildman–Crippen LogP) is 3.42. The van der Waals surface area contributed by atoms with Crippen molar-refractivity contribution < 1.29 is 9.18 Å². The highest BCUT2D eigenvalue weighted by Crippen LogP contribution is 2.32. The molecule has 7 heteroatoms. The molecule has 1 aromatic heterocycles. The Morgan fingerprint density at radius 1 is 1.30 bits per heavy atom. The van der Waals surface area contributed by atoms with E-state index in [0.29, 0.717) is 11.4 Å². The second-order valence-electron chi connectivity index (χ2n) is 4.06. The largest absolute Gasteiger partial charge is 0.306 e. The average Bonchev–Trinajstić information content (AvgIpc) is 2.70. The van der Waals surface area contributed by atoms with Gasteiger partial charge in [-0.05, 0) is 23.7 Å². The van der Waals surface area contributed by atoms with Gasteiger partial charge in [-0.3, -0.25) is 4.79 Å². The molecule has 2 heterocycles. The minimum Gasteiger partial charge on any atom is -0.306 e. The number of carbonyl (C=O) groups excluding carboxylic acids is 1. The molecule has 0 saturated carbocycles. The van der Waals surface area contributed by atoms with Gasteiger partial charge in [0, 0.05) is 17.3 Å². The van der Waals surface area contributed by atoms with Crippen LogP contribution in [-0.4, -0.2) is 15.9 Å². The number of halogens is 3.